The second-order valence-corrected chi connectivity index (χ2v) is 3.43. The summed E-state index contributed by atoms with van der Waals surface area (Å²) >= 11 is 0. The van der Waals surface area contributed by atoms with E-state index in [1.807, 2.05) is 6.92 Å². The average Bonchev–Trinajstić information content (AvgIpc) is 2.65. The summed E-state index contributed by atoms with van der Waals surface area (Å²) in [5.74, 6) is 1.23. The van der Waals surface area contributed by atoms with Gasteiger partial charge < -0.3 is 10.5 Å². The molecule has 0 saturated heterocycles. The number of nitrogens with one attached hydrogen (secondary N) is 2. The first-order valence-electron chi connectivity index (χ1n) is 4.79. The number of ether oxygens (including phenoxy) is 1. The zero-order valence-corrected chi connectivity index (χ0v) is 8.82. The summed E-state index contributed by atoms with van der Waals surface area (Å²) in [5.41, 5.74) is 6.96. The molecule has 2 aromatic rings. The van der Waals surface area contributed by atoms with Crippen LogP contribution in [-0.4, -0.2) is 16.0 Å². The summed E-state index contributed by atoms with van der Waals surface area (Å²) in [6, 6.07) is 8.77. The van der Waals surface area contributed by atoms with Gasteiger partial charge in [0.25, 0.3) is 0 Å². The molecule has 16 heavy (non-hydrogen) atoms. The standard InChI is InChI=1S/C11H12N4O/c1-7-6-10(15-14-7)16-9-4-2-8(3-5-9)11(12)13/h2-6H,1H3,(H3,12,13)(H,14,15). The third-order valence-corrected chi connectivity index (χ3v) is 2.07. The molecule has 0 spiro atoms. The Morgan fingerprint density at radius 2 is 2.06 bits per heavy atom. The van der Waals surface area contributed by atoms with Gasteiger partial charge in [0.15, 0.2) is 0 Å². The monoisotopic (exact) mass is 216 g/mol. The molecule has 1 heterocycles. The fraction of sp³-hybridized carbons (Fsp3) is 0.0909. The van der Waals surface area contributed by atoms with Gasteiger partial charge in [-0.05, 0) is 31.2 Å². The maximum Gasteiger partial charge on any atom is 0.238 e. The molecule has 0 fully saturated rings. The van der Waals surface area contributed by atoms with Crippen molar-refractivity contribution in [3.05, 3.63) is 41.6 Å². The van der Waals surface area contributed by atoms with Gasteiger partial charge in [0.1, 0.15) is 11.6 Å². The van der Waals surface area contributed by atoms with Crippen LogP contribution >= 0.6 is 0 Å². The molecule has 0 aliphatic heterocycles. The van der Waals surface area contributed by atoms with E-state index < -0.39 is 0 Å². The van der Waals surface area contributed by atoms with Gasteiger partial charge in [-0.15, -0.1) is 5.10 Å². The van der Waals surface area contributed by atoms with E-state index in [1.165, 1.54) is 0 Å². The number of aryl methyl sites for hydroxylation is 1. The van der Waals surface area contributed by atoms with E-state index >= 15 is 0 Å². The number of aromatic amines is 1. The molecule has 4 N–H and O–H groups in total. The van der Waals surface area contributed by atoms with Crippen LogP contribution in [0, 0.1) is 12.3 Å². The maximum absolute atomic E-state index is 7.25. The number of nitrogen functional groups attached to an aromatic ring is 1. The van der Waals surface area contributed by atoms with Gasteiger partial charge in [-0.3, -0.25) is 10.5 Å². The molecular weight excluding hydrogens is 204 g/mol. The van der Waals surface area contributed by atoms with Crippen molar-refractivity contribution in [1.82, 2.24) is 10.2 Å². The quantitative estimate of drug-likeness (QED) is 0.540. The van der Waals surface area contributed by atoms with Crippen molar-refractivity contribution in [2.75, 3.05) is 0 Å². The Labute approximate surface area is 92.8 Å². The highest BCUT2D eigenvalue weighted by Crippen LogP contribution is 2.19. The number of aromatic nitrogens is 2. The number of nitrogens with two attached hydrogens (primary N) is 1. The van der Waals surface area contributed by atoms with Gasteiger partial charge in [-0.1, -0.05) is 0 Å². The number of amidine groups is 1. The molecule has 82 valence electrons. The van der Waals surface area contributed by atoms with Crippen LogP contribution in [-0.2, 0) is 0 Å². The van der Waals surface area contributed by atoms with E-state index in [9.17, 15) is 0 Å². The topological polar surface area (TPSA) is 87.8 Å². The van der Waals surface area contributed by atoms with Crippen LogP contribution in [0.2, 0.25) is 0 Å². The molecule has 0 unspecified atom stereocenters. The highest BCUT2D eigenvalue weighted by Gasteiger charge is 2.01. The summed E-state index contributed by atoms with van der Waals surface area (Å²) in [6.45, 7) is 1.90. The smallest absolute Gasteiger partial charge is 0.238 e. The summed E-state index contributed by atoms with van der Waals surface area (Å²) in [7, 11) is 0. The highest BCUT2D eigenvalue weighted by atomic mass is 16.5. The molecule has 5 nitrogen and oxygen atoms in total. The molecule has 5 heteroatoms. The molecule has 0 aliphatic rings. The first kappa shape index (κ1) is 10.2. The predicted octanol–water partition coefficient (Wildman–Crippen LogP) is 1.79. The highest BCUT2D eigenvalue weighted by molar-refractivity contribution is 5.94. The lowest BCUT2D eigenvalue weighted by Gasteiger charge is -2.02. The lowest BCUT2D eigenvalue weighted by molar-refractivity contribution is 0.461. The van der Waals surface area contributed by atoms with Gasteiger partial charge in [-0.25, -0.2) is 0 Å². The summed E-state index contributed by atoms with van der Waals surface area (Å²) in [6.07, 6.45) is 0. The van der Waals surface area contributed by atoms with Crippen molar-refractivity contribution < 1.29 is 4.74 Å². The third kappa shape index (κ3) is 2.20. The van der Waals surface area contributed by atoms with Crippen LogP contribution in [0.3, 0.4) is 0 Å². The van der Waals surface area contributed by atoms with Gasteiger partial charge in [0.05, 0.1) is 0 Å². The van der Waals surface area contributed by atoms with E-state index in [0.29, 0.717) is 17.2 Å². The van der Waals surface area contributed by atoms with Crippen LogP contribution < -0.4 is 10.5 Å². The van der Waals surface area contributed by atoms with Crippen LogP contribution in [0.15, 0.2) is 30.3 Å². The Hall–Kier alpha value is -2.30. The van der Waals surface area contributed by atoms with E-state index in [4.69, 9.17) is 15.9 Å². The van der Waals surface area contributed by atoms with Crippen molar-refractivity contribution in [3.8, 4) is 11.6 Å². The van der Waals surface area contributed by atoms with Crippen molar-refractivity contribution in [2.24, 2.45) is 5.73 Å². The zero-order chi connectivity index (χ0) is 11.5. The Balaban J connectivity index is 2.14. The lowest BCUT2D eigenvalue weighted by Crippen LogP contribution is -2.10. The third-order valence-electron chi connectivity index (χ3n) is 2.07. The SMILES string of the molecule is Cc1cc(Oc2ccc(C(=N)N)cc2)n[nH]1. The minimum Gasteiger partial charge on any atom is -0.438 e. The van der Waals surface area contributed by atoms with Crippen LogP contribution in [0.25, 0.3) is 0 Å². The first-order chi connectivity index (χ1) is 7.65. The lowest BCUT2D eigenvalue weighted by atomic mass is 10.2. The Morgan fingerprint density at radius 1 is 1.38 bits per heavy atom. The second-order valence-electron chi connectivity index (χ2n) is 3.43. The minimum absolute atomic E-state index is 0.0437. The number of hydrogen-bond acceptors (Lipinski definition) is 3. The molecule has 0 radical (unpaired) electrons. The van der Waals surface area contributed by atoms with Crippen LogP contribution in [0.1, 0.15) is 11.3 Å². The van der Waals surface area contributed by atoms with Gasteiger partial charge in [-0.2, -0.15) is 0 Å². The van der Waals surface area contributed by atoms with Crippen LogP contribution in [0.4, 0.5) is 0 Å². The van der Waals surface area contributed by atoms with E-state index in [2.05, 4.69) is 10.2 Å². The number of hydrogen-bond donors (Lipinski definition) is 3. The molecule has 1 aromatic heterocycles. The van der Waals surface area contributed by atoms with Crippen molar-refractivity contribution >= 4 is 5.84 Å². The molecule has 1 aromatic carbocycles. The van der Waals surface area contributed by atoms with Gasteiger partial charge >= 0.3 is 0 Å². The second kappa shape index (κ2) is 4.06. The van der Waals surface area contributed by atoms with Gasteiger partial charge in [0.2, 0.25) is 5.88 Å². The molecule has 0 aliphatic carbocycles. The molecule has 0 amide bonds. The van der Waals surface area contributed by atoms with Crippen molar-refractivity contribution in [3.63, 3.8) is 0 Å². The number of benzene rings is 1. The summed E-state index contributed by atoms with van der Waals surface area (Å²) in [5, 5.41) is 14.0. The summed E-state index contributed by atoms with van der Waals surface area (Å²) in [4.78, 5) is 0. The average molecular weight is 216 g/mol. The Bertz CT molecular complexity index is 501. The predicted molar refractivity (Wildman–Crippen MR) is 60.9 cm³/mol. The van der Waals surface area contributed by atoms with E-state index in [0.717, 1.165) is 5.69 Å². The first-order valence-corrected chi connectivity index (χ1v) is 4.79. The number of H-pyrrole nitrogens is 1. The van der Waals surface area contributed by atoms with Crippen molar-refractivity contribution in [1.29, 1.82) is 5.41 Å². The maximum atomic E-state index is 7.25. The number of rotatable bonds is 3. The van der Waals surface area contributed by atoms with Gasteiger partial charge in [0, 0.05) is 17.3 Å². The zero-order valence-electron chi connectivity index (χ0n) is 8.82. The summed E-state index contributed by atoms with van der Waals surface area (Å²) < 4.78 is 5.48. The fourth-order valence-corrected chi connectivity index (χ4v) is 1.27. The van der Waals surface area contributed by atoms with E-state index in [-0.39, 0.29) is 5.84 Å². The van der Waals surface area contributed by atoms with Crippen molar-refractivity contribution in [2.45, 2.75) is 6.92 Å². The van der Waals surface area contributed by atoms with E-state index in [1.54, 1.807) is 30.3 Å². The minimum atomic E-state index is 0.0437. The molecule has 0 saturated carbocycles. The number of nitrogens with zero attached hydrogens (tertiary/aromatic N) is 1. The fourth-order valence-electron chi connectivity index (χ4n) is 1.27. The largest absolute Gasteiger partial charge is 0.438 e. The molecular formula is C11H12N4O. The normalized spacial score (nSPS) is 10.1. The van der Waals surface area contributed by atoms with Crippen LogP contribution in [0.5, 0.6) is 11.6 Å². The Morgan fingerprint density at radius 3 is 2.56 bits per heavy atom. The molecule has 2 rings (SSSR count). The Kier molecular flexibility index (Phi) is 2.59. The molecule has 0 bridgehead atoms. The molecule has 0 atom stereocenters.